The summed E-state index contributed by atoms with van der Waals surface area (Å²) in [7, 11) is 0.730. The van der Waals surface area contributed by atoms with Crippen LogP contribution in [0.4, 0.5) is 4.39 Å². The first kappa shape index (κ1) is 24.0. The van der Waals surface area contributed by atoms with Crippen molar-refractivity contribution in [3.63, 3.8) is 0 Å². The molecule has 2 saturated heterocycles. The number of ether oxygens (including phenoxy) is 2. The Morgan fingerprint density at radius 3 is 2.49 bits per heavy atom. The van der Waals surface area contributed by atoms with Crippen molar-refractivity contribution in [2.75, 3.05) is 13.7 Å². The maximum atomic E-state index is 15.3. The third kappa shape index (κ3) is 4.37. The number of hydrogen-bond acceptors (Lipinski definition) is 6. The van der Waals surface area contributed by atoms with Crippen molar-refractivity contribution in [1.29, 1.82) is 0 Å². The second kappa shape index (κ2) is 8.73. The van der Waals surface area contributed by atoms with Gasteiger partial charge in [0.1, 0.15) is 11.6 Å². The Hall–Kier alpha value is -2.75. The van der Waals surface area contributed by atoms with Crippen molar-refractivity contribution in [1.82, 2.24) is 9.55 Å². The molecule has 0 amide bonds. The first-order valence-electron chi connectivity index (χ1n) is 11.9. The van der Waals surface area contributed by atoms with Gasteiger partial charge in [0.2, 0.25) is 0 Å². The first-order valence-corrected chi connectivity index (χ1v) is 11.9. The van der Waals surface area contributed by atoms with Crippen LogP contribution in [0.5, 0.6) is 0 Å². The number of halogens is 1. The van der Waals surface area contributed by atoms with Crippen LogP contribution in [0.2, 0.25) is 0 Å². The number of imidazole rings is 1. The summed E-state index contributed by atoms with van der Waals surface area (Å²) >= 11 is 0. The summed E-state index contributed by atoms with van der Waals surface area (Å²) in [5.41, 5.74) is 2.15. The summed E-state index contributed by atoms with van der Waals surface area (Å²) in [6.07, 6.45) is 1.32. The number of esters is 1. The Balaban J connectivity index is 1.45. The summed E-state index contributed by atoms with van der Waals surface area (Å²) in [4.78, 5) is 16.8. The fourth-order valence-corrected chi connectivity index (χ4v) is 4.39. The Morgan fingerprint density at radius 2 is 1.89 bits per heavy atom. The molecule has 3 heterocycles. The first-order chi connectivity index (χ1) is 16.6. The normalized spacial score (nSPS) is 20.7. The van der Waals surface area contributed by atoms with E-state index in [0.717, 1.165) is 24.1 Å². The van der Waals surface area contributed by atoms with Crippen LogP contribution in [-0.2, 0) is 31.7 Å². The van der Waals surface area contributed by atoms with Gasteiger partial charge < -0.3 is 23.3 Å². The predicted octanol–water partition coefficient (Wildman–Crippen LogP) is 3.64. The SMILES string of the molecule is COC(=O)c1ccc2nc(Cc3ccc(B4OC(C)(C)C(C)(C)O4)cc3F)n(CC3CCO3)c2c1. The van der Waals surface area contributed by atoms with Crippen LogP contribution >= 0.6 is 0 Å². The van der Waals surface area contributed by atoms with Crippen molar-refractivity contribution in [2.45, 2.75) is 64.4 Å². The van der Waals surface area contributed by atoms with Crippen LogP contribution in [0.25, 0.3) is 11.0 Å². The quantitative estimate of drug-likeness (QED) is 0.397. The molecule has 0 aliphatic carbocycles. The lowest BCUT2D eigenvalue weighted by Crippen LogP contribution is -2.41. The van der Waals surface area contributed by atoms with E-state index in [-0.39, 0.29) is 11.9 Å². The fraction of sp³-hybridized carbons (Fsp3) is 0.462. The van der Waals surface area contributed by atoms with E-state index in [0.29, 0.717) is 35.4 Å². The minimum Gasteiger partial charge on any atom is -0.465 e. The van der Waals surface area contributed by atoms with Gasteiger partial charge in [-0.15, -0.1) is 0 Å². The van der Waals surface area contributed by atoms with Crippen LogP contribution in [0, 0.1) is 5.82 Å². The maximum Gasteiger partial charge on any atom is 0.494 e. The molecule has 2 fully saturated rings. The van der Waals surface area contributed by atoms with Crippen molar-refractivity contribution in [2.24, 2.45) is 0 Å². The monoisotopic (exact) mass is 480 g/mol. The van der Waals surface area contributed by atoms with Crippen LogP contribution in [0.1, 0.15) is 55.9 Å². The smallest absolute Gasteiger partial charge is 0.465 e. The third-order valence-corrected chi connectivity index (χ3v) is 7.38. The number of benzene rings is 2. The molecule has 184 valence electrons. The molecule has 1 aromatic heterocycles. The highest BCUT2D eigenvalue weighted by Gasteiger charge is 2.51. The average molecular weight is 480 g/mol. The van der Waals surface area contributed by atoms with Crippen LogP contribution in [0.15, 0.2) is 36.4 Å². The number of hydrogen-bond donors (Lipinski definition) is 0. The summed E-state index contributed by atoms with van der Waals surface area (Å²) in [6, 6.07) is 10.3. The molecular weight excluding hydrogens is 450 g/mol. The van der Waals surface area contributed by atoms with E-state index < -0.39 is 24.3 Å². The third-order valence-electron chi connectivity index (χ3n) is 7.38. The summed E-state index contributed by atoms with van der Waals surface area (Å²) in [6.45, 7) is 9.21. The van der Waals surface area contributed by atoms with Gasteiger partial charge in [0.25, 0.3) is 0 Å². The van der Waals surface area contributed by atoms with Gasteiger partial charge in [-0.3, -0.25) is 0 Å². The van der Waals surface area contributed by atoms with Gasteiger partial charge in [0, 0.05) is 13.0 Å². The minimum atomic E-state index is -0.624. The Morgan fingerprint density at radius 1 is 1.17 bits per heavy atom. The van der Waals surface area contributed by atoms with E-state index >= 15 is 4.39 Å². The van der Waals surface area contributed by atoms with Crippen molar-refractivity contribution >= 4 is 29.6 Å². The zero-order valence-electron chi connectivity index (χ0n) is 20.8. The average Bonchev–Trinajstić information content (AvgIpc) is 3.23. The molecule has 0 saturated carbocycles. The Labute approximate surface area is 204 Å². The molecule has 0 spiro atoms. The van der Waals surface area contributed by atoms with Crippen LogP contribution < -0.4 is 5.46 Å². The maximum absolute atomic E-state index is 15.3. The highest BCUT2D eigenvalue weighted by Crippen LogP contribution is 2.36. The van der Waals surface area contributed by atoms with Crippen LogP contribution in [-0.4, -0.2) is 53.7 Å². The lowest BCUT2D eigenvalue weighted by atomic mass is 9.78. The van der Waals surface area contributed by atoms with E-state index in [9.17, 15) is 4.79 Å². The summed E-state index contributed by atoms with van der Waals surface area (Å²) in [5.74, 6) is -0.0452. The molecular formula is C26H30BFN2O5. The van der Waals surface area contributed by atoms with E-state index in [1.165, 1.54) is 13.2 Å². The van der Waals surface area contributed by atoms with Crippen LogP contribution in [0.3, 0.4) is 0 Å². The lowest BCUT2D eigenvalue weighted by molar-refractivity contribution is -0.0589. The van der Waals surface area contributed by atoms with E-state index in [1.807, 2.05) is 38.3 Å². The van der Waals surface area contributed by atoms with Gasteiger partial charge in [0.15, 0.2) is 0 Å². The molecule has 3 aromatic rings. The molecule has 1 unspecified atom stereocenters. The topological polar surface area (TPSA) is 71.8 Å². The number of carbonyl (C=O) groups excluding carboxylic acids is 1. The molecule has 0 N–H and O–H groups in total. The highest BCUT2D eigenvalue weighted by atomic mass is 19.1. The Kier molecular flexibility index (Phi) is 5.98. The van der Waals surface area contributed by atoms with Gasteiger partial charge in [0.05, 0.1) is 47.6 Å². The Bertz CT molecular complexity index is 1270. The molecule has 35 heavy (non-hydrogen) atoms. The second-order valence-corrected chi connectivity index (χ2v) is 10.2. The molecule has 7 nitrogen and oxygen atoms in total. The largest absolute Gasteiger partial charge is 0.494 e. The molecule has 5 rings (SSSR count). The number of rotatable bonds is 6. The van der Waals surface area contributed by atoms with E-state index in [2.05, 4.69) is 0 Å². The second-order valence-electron chi connectivity index (χ2n) is 10.2. The van der Waals surface area contributed by atoms with Gasteiger partial charge >= 0.3 is 13.1 Å². The van der Waals surface area contributed by atoms with Crippen molar-refractivity contribution in [3.8, 4) is 0 Å². The molecule has 2 aliphatic heterocycles. The number of nitrogens with zero attached hydrogens (tertiary/aromatic N) is 2. The number of fused-ring (bicyclic) bond motifs is 1. The van der Waals surface area contributed by atoms with Crippen molar-refractivity contribution in [3.05, 3.63) is 59.2 Å². The van der Waals surface area contributed by atoms with Gasteiger partial charge in [-0.05, 0) is 69.4 Å². The van der Waals surface area contributed by atoms with Gasteiger partial charge in [-0.25, -0.2) is 14.2 Å². The molecule has 2 aliphatic rings. The van der Waals surface area contributed by atoms with E-state index in [4.69, 9.17) is 23.8 Å². The fourth-order valence-electron chi connectivity index (χ4n) is 4.39. The van der Waals surface area contributed by atoms with Crippen molar-refractivity contribution < 1.29 is 28.0 Å². The highest BCUT2D eigenvalue weighted by molar-refractivity contribution is 6.62. The summed E-state index contributed by atoms with van der Waals surface area (Å²) in [5, 5.41) is 0. The van der Waals surface area contributed by atoms with E-state index in [1.54, 1.807) is 24.3 Å². The molecule has 2 aromatic carbocycles. The standard InChI is InChI=1S/C26H30BFN2O5/c1-25(2)26(3,4)35-27(34-25)18-8-6-16(20(28)14-18)13-23-29-21-9-7-17(24(31)32-5)12-22(21)30(23)15-19-10-11-33-19/h6-9,12,14,19H,10-11,13,15H2,1-5H3. The summed E-state index contributed by atoms with van der Waals surface area (Å²) < 4.78 is 40.0. The molecule has 9 heteroatoms. The van der Waals surface area contributed by atoms with Gasteiger partial charge in [-0.1, -0.05) is 12.1 Å². The number of aromatic nitrogens is 2. The minimum absolute atomic E-state index is 0.0727. The predicted molar refractivity (Wildman–Crippen MR) is 130 cm³/mol. The lowest BCUT2D eigenvalue weighted by Gasteiger charge is -2.32. The number of methoxy groups -OCH3 is 1. The zero-order chi connectivity index (χ0) is 25.0. The molecule has 0 bridgehead atoms. The zero-order valence-corrected chi connectivity index (χ0v) is 20.8. The molecule has 1 atom stereocenters. The molecule has 0 radical (unpaired) electrons. The number of carbonyl (C=O) groups is 1. The van der Waals surface area contributed by atoms with Gasteiger partial charge in [-0.2, -0.15) is 0 Å².